The maximum atomic E-state index is 11.9. The minimum absolute atomic E-state index is 0.219. The number of carbonyl (C=O) groups is 2. The van der Waals surface area contributed by atoms with E-state index in [1.807, 2.05) is 20.8 Å². The molecule has 0 saturated carbocycles. The maximum Gasteiger partial charge on any atom is 0.317 e. The summed E-state index contributed by atoms with van der Waals surface area (Å²) in [5, 5.41) is 11.8. The first-order chi connectivity index (χ1) is 9.06. The van der Waals surface area contributed by atoms with E-state index in [1.165, 1.54) is 4.90 Å². The number of hydrogen-bond donors (Lipinski definition) is 2. The number of likely N-dealkylation sites (tertiary alicyclic amines) is 1. The van der Waals surface area contributed by atoms with E-state index >= 15 is 0 Å². The molecule has 20 heavy (non-hydrogen) atoms. The van der Waals surface area contributed by atoms with Crippen molar-refractivity contribution in [3.05, 3.63) is 0 Å². The van der Waals surface area contributed by atoms with E-state index in [9.17, 15) is 13.8 Å². The van der Waals surface area contributed by atoms with Crippen molar-refractivity contribution in [2.24, 2.45) is 5.41 Å². The number of nitrogens with zero attached hydrogens (tertiary/aromatic N) is 1. The van der Waals surface area contributed by atoms with Crippen LogP contribution in [0.15, 0.2) is 0 Å². The fraction of sp³-hybridized carbons (Fsp3) is 0.846. The molecule has 1 aliphatic heterocycles. The molecule has 116 valence electrons. The maximum absolute atomic E-state index is 11.9. The van der Waals surface area contributed by atoms with E-state index in [4.69, 9.17) is 5.11 Å². The van der Waals surface area contributed by atoms with Gasteiger partial charge in [0.25, 0.3) is 0 Å². The fourth-order valence-electron chi connectivity index (χ4n) is 1.98. The van der Waals surface area contributed by atoms with Crippen LogP contribution in [0.4, 0.5) is 4.79 Å². The molecule has 0 bridgehead atoms. The van der Waals surface area contributed by atoms with Crippen molar-refractivity contribution in [1.29, 1.82) is 0 Å². The van der Waals surface area contributed by atoms with Crippen LogP contribution in [0.5, 0.6) is 0 Å². The molecule has 1 heterocycles. The SMILES string of the molecule is CC1(C(=O)O)CCN(C(=O)NCCS(=O)C(C)(C)C)C1. The number of carboxylic acid groups (broad SMARTS) is 1. The molecule has 0 aromatic rings. The fourth-order valence-corrected chi connectivity index (χ4v) is 2.88. The first-order valence-corrected chi connectivity index (χ1v) is 8.03. The Morgan fingerprint density at radius 2 is 2.00 bits per heavy atom. The molecule has 1 aliphatic rings. The lowest BCUT2D eigenvalue weighted by atomic mass is 9.90. The van der Waals surface area contributed by atoms with Crippen molar-refractivity contribution in [2.45, 2.75) is 38.9 Å². The quantitative estimate of drug-likeness (QED) is 0.812. The Hall–Kier alpha value is -1.11. The summed E-state index contributed by atoms with van der Waals surface area (Å²) in [7, 11) is -1.01. The van der Waals surface area contributed by atoms with E-state index < -0.39 is 22.2 Å². The molecule has 0 radical (unpaired) electrons. The molecule has 7 heteroatoms. The molecule has 2 atom stereocenters. The Morgan fingerprint density at radius 3 is 2.45 bits per heavy atom. The van der Waals surface area contributed by atoms with Gasteiger partial charge in [-0.15, -0.1) is 0 Å². The van der Waals surface area contributed by atoms with Crippen LogP contribution in [0.25, 0.3) is 0 Å². The Kier molecular flexibility index (Phi) is 5.18. The van der Waals surface area contributed by atoms with Crippen molar-refractivity contribution in [3.63, 3.8) is 0 Å². The van der Waals surface area contributed by atoms with Gasteiger partial charge in [-0.2, -0.15) is 0 Å². The van der Waals surface area contributed by atoms with Crippen molar-refractivity contribution in [2.75, 3.05) is 25.4 Å². The highest BCUT2D eigenvalue weighted by molar-refractivity contribution is 7.86. The lowest BCUT2D eigenvalue weighted by molar-refractivity contribution is -0.146. The van der Waals surface area contributed by atoms with E-state index in [0.29, 0.717) is 25.3 Å². The summed E-state index contributed by atoms with van der Waals surface area (Å²) >= 11 is 0. The lowest BCUT2D eigenvalue weighted by Crippen LogP contribution is -2.42. The topological polar surface area (TPSA) is 86.7 Å². The van der Waals surface area contributed by atoms with Crippen LogP contribution in [0.2, 0.25) is 0 Å². The third-order valence-electron chi connectivity index (χ3n) is 3.52. The van der Waals surface area contributed by atoms with Crippen LogP contribution in [0.3, 0.4) is 0 Å². The zero-order chi connectivity index (χ0) is 15.6. The third-order valence-corrected chi connectivity index (χ3v) is 5.46. The number of hydrogen-bond acceptors (Lipinski definition) is 3. The predicted octanol–water partition coefficient (Wildman–Crippen LogP) is 1.04. The van der Waals surface area contributed by atoms with Crippen molar-refractivity contribution in [1.82, 2.24) is 10.2 Å². The van der Waals surface area contributed by atoms with Gasteiger partial charge in [0.05, 0.1) is 5.41 Å². The highest BCUT2D eigenvalue weighted by Crippen LogP contribution is 2.29. The monoisotopic (exact) mass is 304 g/mol. The van der Waals surface area contributed by atoms with E-state index in [0.717, 1.165) is 0 Å². The molecular weight excluding hydrogens is 280 g/mol. The zero-order valence-corrected chi connectivity index (χ0v) is 13.4. The first kappa shape index (κ1) is 16.9. The van der Waals surface area contributed by atoms with Gasteiger partial charge in [0.15, 0.2) is 0 Å². The Balaban J connectivity index is 2.39. The zero-order valence-electron chi connectivity index (χ0n) is 12.6. The second-order valence-corrected chi connectivity index (χ2v) is 8.76. The second-order valence-electron chi connectivity index (χ2n) is 6.43. The lowest BCUT2D eigenvalue weighted by Gasteiger charge is -2.21. The third kappa shape index (κ3) is 4.19. The average molecular weight is 304 g/mol. The highest BCUT2D eigenvalue weighted by atomic mass is 32.2. The number of urea groups is 1. The van der Waals surface area contributed by atoms with Gasteiger partial charge in [0.2, 0.25) is 0 Å². The Labute approximate surface area is 122 Å². The average Bonchev–Trinajstić information content (AvgIpc) is 2.72. The number of aliphatic carboxylic acids is 1. The molecule has 2 unspecified atom stereocenters. The number of carboxylic acids is 1. The second kappa shape index (κ2) is 6.11. The summed E-state index contributed by atoms with van der Waals surface area (Å²) in [6.07, 6.45) is 0.462. The minimum Gasteiger partial charge on any atom is -0.481 e. The van der Waals surface area contributed by atoms with E-state index in [2.05, 4.69) is 5.32 Å². The van der Waals surface area contributed by atoms with Crippen LogP contribution >= 0.6 is 0 Å². The van der Waals surface area contributed by atoms with Gasteiger partial charge in [0.1, 0.15) is 0 Å². The number of amides is 2. The predicted molar refractivity (Wildman–Crippen MR) is 78.1 cm³/mol. The summed E-state index contributed by atoms with van der Waals surface area (Å²) in [5.74, 6) is -0.471. The molecule has 2 N–H and O–H groups in total. The molecule has 0 aromatic heterocycles. The molecule has 0 aromatic carbocycles. The smallest absolute Gasteiger partial charge is 0.317 e. The molecule has 1 fully saturated rings. The molecule has 6 nitrogen and oxygen atoms in total. The van der Waals surface area contributed by atoms with Gasteiger partial charge in [-0.25, -0.2) is 4.79 Å². The number of carbonyl (C=O) groups excluding carboxylic acids is 1. The summed E-state index contributed by atoms with van der Waals surface area (Å²) in [6, 6.07) is -0.277. The molecule has 2 amide bonds. The number of rotatable bonds is 4. The van der Waals surface area contributed by atoms with Gasteiger partial charge < -0.3 is 15.3 Å². The Bertz CT molecular complexity index is 419. The van der Waals surface area contributed by atoms with Crippen LogP contribution in [0, 0.1) is 5.41 Å². The van der Waals surface area contributed by atoms with Crippen LogP contribution in [-0.2, 0) is 15.6 Å². The molecule has 0 spiro atoms. The van der Waals surface area contributed by atoms with Gasteiger partial charge >= 0.3 is 12.0 Å². The van der Waals surface area contributed by atoms with Crippen LogP contribution < -0.4 is 5.32 Å². The summed E-state index contributed by atoms with van der Waals surface area (Å²) in [6.45, 7) is 8.32. The minimum atomic E-state index is -1.01. The van der Waals surface area contributed by atoms with E-state index in [-0.39, 0.29) is 17.3 Å². The molecular formula is C13H24N2O4S. The summed E-state index contributed by atoms with van der Waals surface area (Å²) in [5.41, 5.74) is -0.856. The van der Waals surface area contributed by atoms with Crippen LogP contribution in [-0.4, -0.2) is 56.3 Å². The van der Waals surface area contributed by atoms with Crippen molar-refractivity contribution in [3.8, 4) is 0 Å². The largest absolute Gasteiger partial charge is 0.481 e. The number of nitrogens with one attached hydrogen (secondary N) is 1. The molecule has 1 saturated heterocycles. The normalized spacial score (nSPS) is 24.5. The Morgan fingerprint density at radius 1 is 1.40 bits per heavy atom. The van der Waals surface area contributed by atoms with Crippen molar-refractivity contribution >= 4 is 22.8 Å². The standard InChI is InChI=1S/C13H24N2O4S/c1-12(2,3)20(19)8-6-14-11(18)15-7-5-13(4,9-15)10(16)17/h5-9H2,1-4H3,(H,14,18)(H,16,17). The van der Waals surface area contributed by atoms with Crippen molar-refractivity contribution < 1.29 is 18.9 Å². The highest BCUT2D eigenvalue weighted by Gasteiger charge is 2.42. The van der Waals surface area contributed by atoms with E-state index in [1.54, 1.807) is 6.92 Å². The molecule has 0 aliphatic carbocycles. The van der Waals surface area contributed by atoms with Crippen LogP contribution in [0.1, 0.15) is 34.1 Å². The van der Waals surface area contributed by atoms with Gasteiger partial charge in [-0.3, -0.25) is 9.00 Å². The van der Waals surface area contributed by atoms with Gasteiger partial charge in [-0.1, -0.05) is 0 Å². The van der Waals surface area contributed by atoms with Gasteiger partial charge in [0, 0.05) is 40.9 Å². The summed E-state index contributed by atoms with van der Waals surface area (Å²) in [4.78, 5) is 24.5. The first-order valence-electron chi connectivity index (χ1n) is 6.71. The molecule has 1 rings (SSSR count). The summed E-state index contributed by atoms with van der Waals surface area (Å²) < 4.78 is 11.5. The van der Waals surface area contributed by atoms with Gasteiger partial charge in [-0.05, 0) is 34.1 Å².